The lowest BCUT2D eigenvalue weighted by atomic mass is 9.95. The summed E-state index contributed by atoms with van der Waals surface area (Å²) >= 11 is 0. The number of benzene rings is 2. The van der Waals surface area contributed by atoms with Crippen LogP contribution in [-0.2, 0) is 10.1 Å². The van der Waals surface area contributed by atoms with Gasteiger partial charge in [0.1, 0.15) is 6.04 Å². The molecule has 9 heteroatoms. The van der Waals surface area contributed by atoms with E-state index in [4.69, 9.17) is 4.84 Å². The molecular formula is C18H18F3NO4S. The average Bonchev–Trinajstić information content (AvgIpc) is 2.95. The van der Waals surface area contributed by atoms with Crippen LogP contribution in [0, 0.1) is 0 Å². The summed E-state index contributed by atoms with van der Waals surface area (Å²) in [6, 6.07) is 12.4. The van der Waals surface area contributed by atoms with Crippen LogP contribution in [0.15, 0.2) is 48.5 Å². The Balaban J connectivity index is 2.16. The first-order valence-electron chi connectivity index (χ1n) is 8.08. The molecule has 0 radical (unpaired) electrons. The van der Waals surface area contributed by atoms with Crippen molar-refractivity contribution in [2.75, 3.05) is 0 Å². The van der Waals surface area contributed by atoms with E-state index in [0.29, 0.717) is 0 Å². The molecule has 0 aliphatic carbocycles. The van der Waals surface area contributed by atoms with Crippen molar-refractivity contribution >= 4 is 10.1 Å². The average molecular weight is 401 g/mol. The van der Waals surface area contributed by atoms with E-state index in [2.05, 4.69) is 4.18 Å². The lowest BCUT2D eigenvalue weighted by molar-refractivity contribution is -0.128. The topological polar surface area (TPSA) is 55.8 Å². The van der Waals surface area contributed by atoms with Gasteiger partial charge in [0.2, 0.25) is 0 Å². The Hall–Kier alpha value is -2.26. The third-order valence-electron chi connectivity index (χ3n) is 3.99. The van der Waals surface area contributed by atoms with E-state index in [1.807, 2.05) is 20.8 Å². The molecule has 5 nitrogen and oxygen atoms in total. The van der Waals surface area contributed by atoms with Crippen LogP contribution >= 0.6 is 0 Å². The van der Waals surface area contributed by atoms with Gasteiger partial charge in [0.15, 0.2) is 11.5 Å². The summed E-state index contributed by atoms with van der Waals surface area (Å²) in [4.78, 5) is 5.86. The second-order valence-electron chi connectivity index (χ2n) is 7.05. The van der Waals surface area contributed by atoms with Gasteiger partial charge in [-0.2, -0.15) is 21.6 Å². The van der Waals surface area contributed by atoms with Crippen LogP contribution in [0.2, 0.25) is 0 Å². The molecule has 1 unspecified atom stereocenters. The lowest BCUT2D eigenvalue weighted by Crippen LogP contribution is -2.43. The van der Waals surface area contributed by atoms with E-state index in [1.54, 1.807) is 41.5 Å². The Morgan fingerprint density at radius 1 is 1.00 bits per heavy atom. The van der Waals surface area contributed by atoms with Crippen molar-refractivity contribution in [3.8, 4) is 11.5 Å². The molecule has 2 aromatic rings. The standard InChI is InChI=1S/C18H18F3NO4S/c1-17(2,3)22-16(12-8-5-4-6-9-12)15-13(25-22)10-7-11-14(15)26-27(23,24)18(19,20)21/h4-11,16H,1-3H3. The Morgan fingerprint density at radius 3 is 2.19 bits per heavy atom. The van der Waals surface area contributed by atoms with Crippen molar-refractivity contribution in [1.82, 2.24) is 5.06 Å². The highest BCUT2D eigenvalue weighted by molar-refractivity contribution is 7.88. The molecule has 1 aliphatic heterocycles. The highest BCUT2D eigenvalue weighted by Gasteiger charge is 2.50. The third kappa shape index (κ3) is 3.61. The number of hydrogen-bond acceptors (Lipinski definition) is 5. The summed E-state index contributed by atoms with van der Waals surface area (Å²) < 4.78 is 66.0. The van der Waals surface area contributed by atoms with Crippen molar-refractivity contribution in [2.45, 2.75) is 37.9 Å². The monoisotopic (exact) mass is 401 g/mol. The van der Waals surface area contributed by atoms with Gasteiger partial charge in [0.05, 0.1) is 5.56 Å². The molecule has 0 fully saturated rings. The van der Waals surface area contributed by atoms with Crippen LogP contribution in [0.4, 0.5) is 13.2 Å². The zero-order valence-corrected chi connectivity index (χ0v) is 15.6. The van der Waals surface area contributed by atoms with Crippen LogP contribution < -0.4 is 9.02 Å². The van der Waals surface area contributed by atoms with E-state index in [1.165, 1.54) is 12.1 Å². The Kier molecular flexibility index (Phi) is 4.63. The molecule has 0 saturated heterocycles. The van der Waals surface area contributed by atoms with Crippen molar-refractivity contribution in [2.24, 2.45) is 0 Å². The third-order valence-corrected chi connectivity index (χ3v) is 4.96. The summed E-state index contributed by atoms with van der Waals surface area (Å²) in [5, 5.41) is 1.61. The number of hydrogen-bond donors (Lipinski definition) is 0. The van der Waals surface area contributed by atoms with E-state index in [0.717, 1.165) is 5.56 Å². The van der Waals surface area contributed by atoms with Crippen LogP contribution in [0.1, 0.15) is 37.9 Å². The van der Waals surface area contributed by atoms with E-state index < -0.39 is 33.0 Å². The van der Waals surface area contributed by atoms with Gasteiger partial charge >= 0.3 is 15.6 Å². The highest BCUT2D eigenvalue weighted by Crippen LogP contribution is 2.49. The largest absolute Gasteiger partial charge is 0.534 e. The zero-order valence-electron chi connectivity index (χ0n) is 14.8. The number of halogens is 3. The van der Waals surface area contributed by atoms with Crippen molar-refractivity contribution in [3.05, 3.63) is 59.7 Å². The molecule has 27 heavy (non-hydrogen) atoms. The molecule has 0 spiro atoms. The SMILES string of the molecule is CC(C)(C)N1Oc2cccc(OS(=O)(=O)C(F)(F)F)c2C1c1ccccc1. The molecule has 0 amide bonds. The molecule has 3 rings (SSSR count). The zero-order chi connectivity index (χ0) is 20.0. The fraction of sp³-hybridized carbons (Fsp3) is 0.333. The predicted octanol–water partition coefficient (Wildman–Crippen LogP) is 4.41. The van der Waals surface area contributed by atoms with E-state index in [9.17, 15) is 21.6 Å². The quantitative estimate of drug-likeness (QED) is 0.563. The van der Waals surface area contributed by atoms with Gasteiger partial charge in [-0.05, 0) is 38.5 Å². The molecule has 2 aromatic carbocycles. The Labute approximate surface area is 155 Å². The van der Waals surface area contributed by atoms with Crippen LogP contribution in [0.5, 0.6) is 11.5 Å². The number of rotatable bonds is 3. The van der Waals surface area contributed by atoms with Gasteiger partial charge in [0.25, 0.3) is 0 Å². The van der Waals surface area contributed by atoms with Crippen LogP contribution in [0.25, 0.3) is 0 Å². The van der Waals surface area contributed by atoms with E-state index in [-0.39, 0.29) is 11.3 Å². The Morgan fingerprint density at radius 2 is 1.63 bits per heavy atom. The molecule has 0 saturated carbocycles. The minimum atomic E-state index is -5.81. The summed E-state index contributed by atoms with van der Waals surface area (Å²) in [5.74, 6) is -0.168. The maximum atomic E-state index is 12.8. The van der Waals surface area contributed by atoms with Gasteiger partial charge < -0.3 is 9.02 Å². The normalized spacial score (nSPS) is 18.1. The predicted molar refractivity (Wildman–Crippen MR) is 92.5 cm³/mol. The van der Waals surface area contributed by atoms with Gasteiger partial charge in [-0.25, -0.2) is 0 Å². The first-order chi connectivity index (χ1) is 12.4. The summed E-state index contributed by atoms with van der Waals surface area (Å²) in [7, 11) is -5.81. The lowest BCUT2D eigenvalue weighted by Gasteiger charge is -2.34. The second kappa shape index (κ2) is 6.42. The van der Waals surface area contributed by atoms with Gasteiger partial charge in [0, 0.05) is 5.54 Å². The van der Waals surface area contributed by atoms with Crippen LogP contribution in [0.3, 0.4) is 0 Å². The minimum Gasteiger partial charge on any atom is -0.404 e. The molecule has 1 atom stereocenters. The molecule has 1 aliphatic rings. The first-order valence-corrected chi connectivity index (χ1v) is 9.48. The smallest absolute Gasteiger partial charge is 0.404 e. The van der Waals surface area contributed by atoms with Gasteiger partial charge in [-0.3, -0.25) is 0 Å². The van der Waals surface area contributed by atoms with Crippen molar-refractivity contribution in [3.63, 3.8) is 0 Å². The highest BCUT2D eigenvalue weighted by atomic mass is 32.2. The maximum Gasteiger partial charge on any atom is 0.534 e. The second-order valence-corrected chi connectivity index (χ2v) is 8.59. The minimum absolute atomic E-state index is 0.228. The van der Waals surface area contributed by atoms with Crippen molar-refractivity contribution < 1.29 is 30.6 Å². The number of alkyl halides is 3. The van der Waals surface area contributed by atoms with E-state index >= 15 is 0 Å². The maximum absolute atomic E-state index is 12.8. The van der Waals surface area contributed by atoms with Gasteiger partial charge in [-0.15, -0.1) is 5.06 Å². The molecule has 0 bridgehead atoms. The number of nitrogens with zero attached hydrogens (tertiary/aromatic N) is 1. The summed E-state index contributed by atoms with van der Waals surface area (Å²) in [5.41, 5.74) is -5.10. The fourth-order valence-corrected chi connectivity index (χ4v) is 3.32. The number of fused-ring (bicyclic) bond motifs is 1. The molecule has 1 heterocycles. The first kappa shape index (κ1) is 19.5. The van der Waals surface area contributed by atoms with Crippen molar-refractivity contribution in [1.29, 1.82) is 0 Å². The number of hydroxylamine groups is 2. The summed E-state index contributed by atoms with van der Waals surface area (Å²) in [6.07, 6.45) is 0. The summed E-state index contributed by atoms with van der Waals surface area (Å²) in [6.45, 7) is 5.63. The van der Waals surface area contributed by atoms with Gasteiger partial charge in [-0.1, -0.05) is 36.4 Å². The van der Waals surface area contributed by atoms with Crippen LogP contribution in [-0.4, -0.2) is 24.5 Å². The fourth-order valence-electron chi connectivity index (χ4n) is 2.85. The molecular weight excluding hydrogens is 383 g/mol. The molecule has 0 N–H and O–H groups in total. The Bertz CT molecular complexity index is 937. The molecule has 146 valence electrons. The molecule has 0 aromatic heterocycles.